The number of likely N-dealkylation sites (N-methyl/N-ethyl adjacent to an activating group) is 1. The first-order valence-electron chi connectivity index (χ1n) is 10.6. The summed E-state index contributed by atoms with van der Waals surface area (Å²) in [5.74, 6) is 0.485. The Kier molecular flexibility index (Phi) is 6.82. The number of carbonyl (C=O) groups is 1. The van der Waals surface area contributed by atoms with Crippen molar-refractivity contribution in [3.63, 3.8) is 0 Å². The van der Waals surface area contributed by atoms with Gasteiger partial charge in [-0.25, -0.2) is 4.79 Å². The third kappa shape index (κ3) is 6.35. The number of aromatic nitrogens is 2. The topological polar surface area (TPSA) is 82.6 Å². The molecule has 0 atom stereocenters. The van der Waals surface area contributed by atoms with Gasteiger partial charge in [0, 0.05) is 43.1 Å². The molecule has 34 heavy (non-hydrogen) atoms. The van der Waals surface area contributed by atoms with Crippen LogP contribution in [0.2, 0.25) is 0 Å². The lowest BCUT2D eigenvalue weighted by Gasteiger charge is -2.32. The predicted octanol–water partition coefficient (Wildman–Crippen LogP) is 4.44. The summed E-state index contributed by atoms with van der Waals surface area (Å²) in [5.41, 5.74) is 2.43. The lowest BCUT2D eigenvalue weighted by atomic mass is 10.1. The molecule has 1 aromatic heterocycles. The van der Waals surface area contributed by atoms with Gasteiger partial charge >= 0.3 is 12.4 Å². The van der Waals surface area contributed by atoms with E-state index in [9.17, 15) is 18.0 Å². The molecule has 0 aliphatic carbocycles. The average Bonchev–Trinajstić information content (AvgIpc) is 2.81. The Balaban J connectivity index is 1.31. The number of carbonyl (C=O) groups excluding carboxylic acids is 1. The molecule has 1 fully saturated rings. The molecule has 2 amide bonds. The molecule has 1 saturated heterocycles. The summed E-state index contributed by atoms with van der Waals surface area (Å²) in [6, 6.07) is 15.3. The zero-order valence-corrected chi connectivity index (χ0v) is 18.3. The molecule has 3 aromatic rings. The molecule has 0 unspecified atom stereocenters. The van der Waals surface area contributed by atoms with Crippen LogP contribution in [0.25, 0.3) is 11.3 Å². The van der Waals surface area contributed by atoms with Crippen LogP contribution in [0.1, 0.15) is 0 Å². The van der Waals surface area contributed by atoms with E-state index in [0.29, 0.717) is 11.4 Å². The number of halogens is 3. The van der Waals surface area contributed by atoms with Gasteiger partial charge in [0.25, 0.3) is 0 Å². The Labute approximate surface area is 194 Å². The van der Waals surface area contributed by atoms with Crippen molar-refractivity contribution in [3.05, 3.63) is 60.7 Å². The quantitative estimate of drug-likeness (QED) is 0.572. The van der Waals surface area contributed by atoms with E-state index in [2.05, 4.69) is 42.4 Å². The molecule has 1 aliphatic heterocycles. The normalized spacial score (nSPS) is 14.5. The van der Waals surface area contributed by atoms with E-state index in [0.717, 1.165) is 55.4 Å². The Morgan fingerprint density at radius 1 is 0.853 bits per heavy atom. The first-order chi connectivity index (χ1) is 16.2. The van der Waals surface area contributed by atoms with Gasteiger partial charge in [-0.2, -0.15) is 0 Å². The van der Waals surface area contributed by atoms with Crippen LogP contribution in [0.15, 0.2) is 60.7 Å². The Morgan fingerprint density at radius 3 is 1.97 bits per heavy atom. The van der Waals surface area contributed by atoms with Gasteiger partial charge in [0.2, 0.25) is 0 Å². The van der Waals surface area contributed by atoms with Crippen molar-refractivity contribution in [2.45, 2.75) is 6.36 Å². The molecule has 2 N–H and O–H groups in total. The predicted molar refractivity (Wildman–Crippen MR) is 123 cm³/mol. The molecule has 4 rings (SSSR count). The number of hydrogen-bond donors (Lipinski definition) is 2. The minimum absolute atomic E-state index is 0.319. The van der Waals surface area contributed by atoms with Crippen LogP contribution >= 0.6 is 0 Å². The number of amides is 2. The van der Waals surface area contributed by atoms with Crippen LogP contribution < -0.4 is 20.3 Å². The summed E-state index contributed by atoms with van der Waals surface area (Å²) in [6.07, 6.45) is -4.77. The minimum Gasteiger partial charge on any atom is -0.406 e. The summed E-state index contributed by atoms with van der Waals surface area (Å²) in [7, 11) is 2.10. The van der Waals surface area contributed by atoms with Crippen molar-refractivity contribution in [2.75, 3.05) is 48.8 Å². The standard InChI is InChI=1S/C23H23F3N6O2/c1-31-12-14-32(15-13-31)21-11-10-20(29-30-21)16-2-4-17(5-3-16)27-22(33)28-18-6-8-19(9-7-18)34-23(24,25)26/h2-11H,12-15H2,1H3,(H2,27,28,33). The van der Waals surface area contributed by atoms with Gasteiger partial charge in [-0.3, -0.25) is 0 Å². The van der Waals surface area contributed by atoms with Gasteiger partial charge in [-0.05, 0) is 55.6 Å². The molecular weight excluding hydrogens is 449 g/mol. The molecule has 0 radical (unpaired) electrons. The fourth-order valence-corrected chi connectivity index (χ4v) is 3.44. The molecule has 0 spiro atoms. The maximum absolute atomic E-state index is 12.2. The van der Waals surface area contributed by atoms with Crippen LogP contribution in [-0.4, -0.2) is 60.7 Å². The number of alkyl halides is 3. The number of rotatable bonds is 5. The monoisotopic (exact) mass is 472 g/mol. The number of urea groups is 1. The van der Waals surface area contributed by atoms with E-state index >= 15 is 0 Å². The van der Waals surface area contributed by atoms with E-state index in [1.165, 1.54) is 12.1 Å². The molecule has 0 saturated carbocycles. The highest BCUT2D eigenvalue weighted by Crippen LogP contribution is 2.24. The van der Waals surface area contributed by atoms with Gasteiger partial charge in [0.1, 0.15) is 5.75 Å². The zero-order chi connectivity index (χ0) is 24.1. The molecular formula is C23H23F3N6O2. The van der Waals surface area contributed by atoms with E-state index in [-0.39, 0.29) is 5.75 Å². The maximum atomic E-state index is 12.2. The zero-order valence-electron chi connectivity index (χ0n) is 18.3. The molecule has 8 nitrogen and oxygen atoms in total. The highest BCUT2D eigenvalue weighted by molar-refractivity contribution is 5.99. The first kappa shape index (κ1) is 23.3. The Bertz CT molecular complexity index is 1100. The molecule has 1 aliphatic rings. The van der Waals surface area contributed by atoms with E-state index in [4.69, 9.17) is 0 Å². The number of benzene rings is 2. The summed E-state index contributed by atoms with van der Waals surface area (Å²) in [6.45, 7) is 3.81. The molecule has 0 bridgehead atoms. The SMILES string of the molecule is CN1CCN(c2ccc(-c3ccc(NC(=O)Nc4ccc(OC(F)(F)F)cc4)cc3)nn2)CC1. The summed E-state index contributed by atoms with van der Waals surface area (Å²) in [5, 5.41) is 13.9. The fourth-order valence-electron chi connectivity index (χ4n) is 3.44. The van der Waals surface area contributed by atoms with Gasteiger partial charge in [-0.1, -0.05) is 12.1 Å². The first-order valence-corrected chi connectivity index (χ1v) is 10.6. The average molecular weight is 472 g/mol. The van der Waals surface area contributed by atoms with Crippen molar-refractivity contribution in [1.29, 1.82) is 0 Å². The lowest BCUT2D eigenvalue weighted by Crippen LogP contribution is -2.44. The smallest absolute Gasteiger partial charge is 0.406 e. The highest BCUT2D eigenvalue weighted by atomic mass is 19.4. The number of ether oxygens (including phenoxy) is 1. The third-order valence-corrected chi connectivity index (χ3v) is 5.26. The van der Waals surface area contributed by atoms with E-state index < -0.39 is 12.4 Å². The maximum Gasteiger partial charge on any atom is 0.573 e. The highest BCUT2D eigenvalue weighted by Gasteiger charge is 2.31. The van der Waals surface area contributed by atoms with Gasteiger partial charge in [0.05, 0.1) is 5.69 Å². The summed E-state index contributed by atoms with van der Waals surface area (Å²) < 4.78 is 40.5. The fraction of sp³-hybridized carbons (Fsp3) is 0.261. The lowest BCUT2D eigenvalue weighted by molar-refractivity contribution is -0.274. The van der Waals surface area contributed by atoms with E-state index in [1.807, 2.05) is 24.3 Å². The number of piperazine rings is 1. The van der Waals surface area contributed by atoms with Crippen LogP contribution in [0.5, 0.6) is 5.75 Å². The van der Waals surface area contributed by atoms with Crippen molar-refractivity contribution in [1.82, 2.24) is 15.1 Å². The van der Waals surface area contributed by atoms with Gasteiger partial charge < -0.3 is 25.2 Å². The number of anilines is 3. The minimum atomic E-state index is -4.77. The van der Waals surface area contributed by atoms with Crippen molar-refractivity contribution < 1.29 is 22.7 Å². The van der Waals surface area contributed by atoms with Crippen LogP contribution in [0, 0.1) is 0 Å². The Hall–Kier alpha value is -3.86. The Morgan fingerprint density at radius 2 is 1.44 bits per heavy atom. The molecule has 11 heteroatoms. The largest absolute Gasteiger partial charge is 0.573 e. The molecule has 2 aromatic carbocycles. The van der Waals surface area contributed by atoms with Crippen LogP contribution in [0.3, 0.4) is 0 Å². The van der Waals surface area contributed by atoms with Crippen LogP contribution in [0.4, 0.5) is 35.2 Å². The second-order valence-electron chi connectivity index (χ2n) is 7.80. The second kappa shape index (κ2) is 9.96. The van der Waals surface area contributed by atoms with Gasteiger partial charge in [0.15, 0.2) is 5.82 Å². The van der Waals surface area contributed by atoms with Gasteiger partial charge in [-0.15, -0.1) is 23.4 Å². The number of nitrogens with one attached hydrogen (secondary N) is 2. The number of nitrogens with zero attached hydrogens (tertiary/aromatic N) is 4. The van der Waals surface area contributed by atoms with Crippen molar-refractivity contribution in [2.24, 2.45) is 0 Å². The number of hydrogen-bond acceptors (Lipinski definition) is 6. The molecule has 2 heterocycles. The summed E-state index contributed by atoms with van der Waals surface area (Å²) >= 11 is 0. The van der Waals surface area contributed by atoms with Crippen LogP contribution in [-0.2, 0) is 0 Å². The van der Waals surface area contributed by atoms with Crippen molar-refractivity contribution in [3.8, 4) is 17.0 Å². The third-order valence-electron chi connectivity index (χ3n) is 5.26. The molecule has 178 valence electrons. The van der Waals surface area contributed by atoms with E-state index in [1.54, 1.807) is 12.1 Å². The summed E-state index contributed by atoms with van der Waals surface area (Å²) in [4.78, 5) is 16.7. The second-order valence-corrected chi connectivity index (χ2v) is 7.80. The van der Waals surface area contributed by atoms with Crippen molar-refractivity contribution >= 4 is 23.2 Å².